The smallest absolute Gasteiger partial charge is 0.136 e. The fraction of sp³-hybridized carbons (Fsp3) is 0.176. The minimum Gasteiger partial charge on any atom is -0.395 e. The first-order chi connectivity index (χ1) is 9.79. The van der Waals surface area contributed by atoms with Gasteiger partial charge in [0.05, 0.1) is 6.61 Å². The lowest BCUT2D eigenvalue weighted by molar-refractivity contribution is 0.305. The topological polar surface area (TPSA) is 20.2 Å². The Kier molecular flexibility index (Phi) is 5.67. The van der Waals surface area contributed by atoms with E-state index >= 15 is 0 Å². The van der Waals surface area contributed by atoms with Gasteiger partial charge in [0, 0.05) is 22.6 Å². The highest BCUT2D eigenvalue weighted by molar-refractivity contribution is 7.98. The minimum absolute atomic E-state index is 0.0792. The normalized spacial score (nSPS) is 9.90. The molecule has 0 amide bonds. The molecule has 0 heterocycles. The summed E-state index contributed by atoms with van der Waals surface area (Å²) in [4.78, 5) is 0.657. The Labute approximate surface area is 122 Å². The molecular weight excluding hydrogens is 271 g/mol. The summed E-state index contributed by atoms with van der Waals surface area (Å²) >= 11 is 1.47. The Balaban J connectivity index is 2.02. The van der Waals surface area contributed by atoms with Crippen molar-refractivity contribution < 1.29 is 9.50 Å². The summed E-state index contributed by atoms with van der Waals surface area (Å²) in [6.45, 7) is 0.0792. The Bertz CT molecular complexity index is 628. The molecule has 0 unspecified atom stereocenters. The van der Waals surface area contributed by atoms with Crippen molar-refractivity contribution in [2.45, 2.75) is 17.1 Å². The van der Waals surface area contributed by atoms with Crippen molar-refractivity contribution in [3.63, 3.8) is 0 Å². The van der Waals surface area contributed by atoms with Crippen LogP contribution < -0.4 is 0 Å². The summed E-state index contributed by atoms with van der Waals surface area (Å²) in [5, 5.41) is 8.69. The van der Waals surface area contributed by atoms with E-state index < -0.39 is 0 Å². The second kappa shape index (κ2) is 7.74. The van der Waals surface area contributed by atoms with E-state index in [9.17, 15) is 4.39 Å². The SMILES string of the molecule is OCCC#Cc1cccc(CSc2ccccc2F)c1. The van der Waals surface area contributed by atoms with Crippen LogP contribution in [0.4, 0.5) is 4.39 Å². The zero-order valence-corrected chi connectivity index (χ0v) is 11.8. The molecule has 3 heteroatoms. The number of rotatable bonds is 4. The predicted molar refractivity (Wildman–Crippen MR) is 81.0 cm³/mol. The Morgan fingerprint density at radius 3 is 2.75 bits per heavy atom. The van der Waals surface area contributed by atoms with Gasteiger partial charge in [-0.25, -0.2) is 4.39 Å². The van der Waals surface area contributed by atoms with Gasteiger partial charge < -0.3 is 5.11 Å². The molecule has 0 aliphatic carbocycles. The molecule has 0 fully saturated rings. The van der Waals surface area contributed by atoms with Gasteiger partial charge in [0.15, 0.2) is 0 Å². The van der Waals surface area contributed by atoms with Crippen LogP contribution in [0.3, 0.4) is 0 Å². The van der Waals surface area contributed by atoms with Crippen LogP contribution in [0.5, 0.6) is 0 Å². The van der Waals surface area contributed by atoms with E-state index in [-0.39, 0.29) is 12.4 Å². The Morgan fingerprint density at radius 1 is 1.10 bits per heavy atom. The van der Waals surface area contributed by atoms with E-state index in [4.69, 9.17) is 5.11 Å². The van der Waals surface area contributed by atoms with E-state index in [2.05, 4.69) is 11.8 Å². The molecule has 1 nitrogen and oxygen atoms in total. The molecule has 0 radical (unpaired) electrons. The largest absolute Gasteiger partial charge is 0.395 e. The average Bonchev–Trinajstić information content (AvgIpc) is 2.47. The number of thioether (sulfide) groups is 1. The molecule has 0 bridgehead atoms. The maximum Gasteiger partial charge on any atom is 0.136 e. The number of halogens is 1. The van der Waals surface area contributed by atoms with Crippen molar-refractivity contribution in [1.29, 1.82) is 0 Å². The van der Waals surface area contributed by atoms with E-state index in [1.165, 1.54) is 17.8 Å². The number of hydrogen-bond donors (Lipinski definition) is 1. The van der Waals surface area contributed by atoms with Gasteiger partial charge in [0.25, 0.3) is 0 Å². The van der Waals surface area contributed by atoms with Crippen LogP contribution in [0.25, 0.3) is 0 Å². The Hall–Kier alpha value is -1.76. The van der Waals surface area contributed by atoms with Gasteiger partial charge in [-0.1, -0.05) is 36.1 Å². The van der Waals surface area contributed by atoms with Gasteiger partial charge in [-0.05, 0) is 29.8 Å². The Morgan fingerprint density at radius 2 is 1.95 bits per heavy atom. The summed E-state index contributed by atoms with van der Waals surface area (Å²) in [6, 6.07) is 14.7. The summed E-state index contributed by atoms with van der Waals surface area (Å²) in [5.74, 6) is 6.42. The highest BCUT2D eigenvalue weighted by atomic mass is 32.2. The summed E-state index contributed by atoms with van der Waals surface area (Å²) < 4.78 is 13.5. The summed E-state index contributed by atoms with van der Waals surface area (Å²) in [6.07, 6.45) is 0.480. The highest BCUT2D eigenvalue weighted by Gasteiger charge is 2.02. The van der Waals surface area contributed by atoms with E-state index in [1.807, 2.05) is 30.3 Å². The van der Waals surface area contributed by atoms with Crippen LogP contribution in [0, 0.1) is 17.7 Å². The molecule has 2 aromatic carbocycles. The third kappa shape index (κ3) is 4.41. The lowest BCUT2D eigenvalue weighted by atomic mass is 10.1. The lowest BCUT2D eigenvalue weighted by Gasteiger charge is -2.03. The van der Waals surface area contributed by atoms with Crippen LogP contribution in [-0.4, -0.2) is 11.7 Å². The molecule has 2 aromatic rings. The first kappa shape index (κ1) is 14.6. The summed E-state index contributed by atoms with van der Waals surface area (Å²) in [5.41, 5.74) is 2.03. The monoisotopic (exact) mass is 286 g/mol. The van der Waals surface area contributed by atoms with Gasteiger partial charge in [0.1, 0.15) is 5.82 Å². The molecule has 0 spiro atoms. The van der Waals surface area contributed by atoms with Crippen molar-refractivity contribution in [2.24, 2.45) is 0 Å². The fourth-order valence-electron chi connectivity index (χ4n) is 1.68. The molecule has 102 valence electrons. The third-order valence-corrected chi connectivity index (χ3v) is 3.75. The molecule has 0 atom stereocenters. The molecule has 2 rings (SSSR count). The first-order valence-electron chi connectivity index (χ1n) is 6.35. The molecule has 0 saturated carbocycles. The van der Waals surface area contributed by atoms with Crippen LogP contribution in [-0.2, 0) is 5.75 Å². The van der Waals surface area contributed by atoms with Crippen LogP contribution >= 0.6 is 11.8 Å². The molecule has 0 aliphatic heterocycles. The van der Waals surface area contributed by atoms with Crippen LogP contribution in [0.15, 0.2) is 53.4 Å². The third-order valence-electron chi connectivity index (χ3n) is 2.63. The number of aliphatic hydroxyl groups excluding tert-OH is 1. The fourth-order valence-corrected chi connectivity index (χ4v) is 2.56. The van der Waals surface area contributed by atoms with E-state index in [0.717, 1.165) is 11.1 Å². The number of aliphatic hydroxyl groups is 1. The average molecular weight is 286 g/mol. The van der Waals surface area contributed by atoms with Crippen LogP contribution in [0.2, 0.25) is 0 Å². The number of benzene rings is 2. The molecular formula is C17H15FOS. The maximum atomic E-state index is 13.5. The maximum absolute atomic E-state index is 13.5. The molecule has 0 aliphatic rings. The molecule has 0 saturated heterocycles. The lowest BCUT2D eigenvalue weighted by Crippen LogP contribution is -1.85. The van der Waals surface area contributed by atoms with Gasteiger partial charge >= 0.3 is 0 Å². The highest BCUT2D eigenvalue weighted by Crippen LogP contribution is 2.25. The first-order valence-corrected chi connectivity index (χ1v) is 7.34. The molecule has 1 N–H and O–H groups in total. The van der Waals surface area contributed by atoms with Gasteiger partial charge in [-0.15, -0.1) is 11.8 Å². The number of hydrogen-bond acceptors (Lipinski definition) is 2. The summed E-state index contributed by atoms with van der Waals surface area (Å²) in [7, 11) is 0. The van der Waals surface area contributed by atoms with Crippen LogP contribution in [0.1, 0.15) is 17.5 Å². The van der Waals surface area contributed by atoms with Gasteiger partial charge in [0.2, 0.25) is 0 Å². The van der Waals surface area contributed by atoms with E-state index in [1.54, 1.807) is 12.1 Å². The quantitative estimate of drug-likeness (QED) is 0.680. The van der Waals surface area contributed by atoms with Crippen molar-refractivity contribution in [3.05, 3.63) is 65.5 Å². The van der Waals surface area contributed by atoms with Crippen molar-refractivity contribution >= 4 is 11.8 Å². The van der Waals surface area contributed by atoms with Gasteiger partial charge in [-0.2, -0.15) is 0 Å². The van der Waals surface area contributed by atoms with Crippen molar-refractivity contribution in [2.75, 3.05) is 6.61 Å². The standard InChI is InChI=1S/C17H15FOS/c18-16-9-1-2-10-17(16)20-13-15-8-5-7-14(12-15)6-3-4-11-19/h1-2,5,7-10,12,19H,4,11,13H2. The predicted octanol–water partition coefficient (Wildman–Crippen LogP) is 3.85. The van der Waals surface area contributed by atoms with E-state index in [0.29, 0.717) is 17.1 Å². The second-order valence-electron chi connectivity index (χ2n) is 4.19. The zero-order chi connectivity index (χ0) is 14.2. The second-order valence-corrected chi connectivity index (χ2v) is 5.21. The minimum atomic E-state index is -0.184. The zero-order valence-electron chi connectivity index (χ0n) is 11.0. The molecule has 20 heavy (non-hydrogen) atoms. The van der Waals surface area contributed by atoms with Crippen molar-refractivity contribution in [3.8, 4) is 11.8 Å². The molecule has 0 aromatic heterocycles. The van der Waals surface area contributed by atoms with Crippen molar-refractivity contribution in [1.82, 2.24) is 0 Å². The van der Waals surface area contributed by atoms with Gasteiger partial charge in [-0.3, -0.25) is 0 Å².